The molecule has 1 fully saturated rings. The number of benzene rings is 1. The van der Waals surface area contributed by atoms with E-state index in [1.807, 2.05) is 30.3 Å². The molecule has 0 spiro atoms. The van der Waals surface area contributed by atoms with Crippen LogP contribution in [0.5, 0.6) is 0 Å². The predicted octanol–water partition coefficient (Wildman–Crippen LogP) is 1.62. The van der Waals surface area contributed by atoms with Gasteiger partial charge in [-0.3, -0.25) is 4.90 Å². The first-order chi connectivity index (χ1) is 9.46. The maximum atomic E-state index is 11.3. The normalized spacial score (nSPS) is 22.0. The van der Waals surface area contributed by atoms with Crippen molar-refractivity contribution in [1.82, 2.24) is 4.90 Å². The van der Waals surface area contributed by atoms with Crippen LogP contribution >= 0.6 is 0 Å². The molecule has 1 aliphatic heterocycles. The third-order valence-corrected chi connectivity index (χ3v) is 4.85. The molecule has 4 nitrogen and oxygen atoms in total. The summed E-state index contributed by atoms with van der Waals surface area (Å²) in [6.07, 6.45) is 3.59. The van der Waals surface area contributed by atoms with Gasteiger partial charge in [0.2, 0.25) is 0 Å². The smallest absolute Gasteiger partial charge is 0.148 e. The summed E-state index contributed by atoms with van der Waals surface area (Å²) in [5.74, 6) is 0.199. The van der Waals surface area contributed by atoms with Crippen LogP contribution < -0.4 is 0 Å². The quantitative estimate of drug-likeness (QED) is 0.867. The van der Waals surface area contributed by atoms with Crippen molar-refractivity contribution >= 4 is 9.84 Å². The van der Waals surface area contributed by atoms with Gasteiger partial charge >= 0.3 is 0 Å². The molecule has 0 saturated carbocycles. The first-order valence-electron chi connectivity index (χ1n) is 7.10. The molecular weight excluding hydrogens is 274 g/mol. The summed E-state index contributed by atoms with van der Waals surface area (Å²) < 4.78 is 22.5. The summed E-state index contributed by atoms with van der Waals surface area (Å²) in [6, 6.07) is 9.93. The standard InChI is InChI=1S/C15H23NO3S/c1-20(18,19)11-10-16-9-5-8-14(16)12-15(17)13-6-3-2-4-7-13/h2-4,6-7,14-15,17H,5,8-12H2,1H3/t14-,15+/m0/s1. The molecule has 1 saturated heterocycles. The molecule has 2 atom stereocenters. The summed E-state index contributed by atoms with van der Waals surface area (Å²) >= 11 is 0. The van der Waals surface area contributed by atoms with Crippen molar-refractivity contribution in [3.8, 4) is 0 Å². The lowest BCUT2D eigenvalue weighted by atomic mass is 10.0. The lowest BCUT2D eigenvalue weighted by Gasteiger charge is -2.26. The van der Waals surface area contributed by atoms with Crippen molar-refractivity contribution < 1.29 is 13.5 Å². The molecular formula is C15H23NO3S. The van der Waals surface area contributed by atoms with Crippen molar-refractivity contribution in [2.75, 3.05) is 25.1 Å². The Bertz CT molecular complexity index is 515. The summed E-state index contributed by atoms with van der Waals surface area (Å²) in [6.45, 7) is 1.51. The first-order valence-corrected chi connectivity index (χ1v) is 9.16. The number of aliphatic hydroxyl groups excluding tert-OH is 1. The number of likely N-dealkylation sites (tertiary alicyclic amines) is 1. The molecule has 0 radical (unpaired) electrons. The van der Waals surface area contributed by atoms with Crippen LogP contribution in [0.1, 0.15) is 30.9 Å². The molecule has 0 aliphatic carbocycles. The van der Waals surface area contributed by atoms with E-state index in [9.17, 15) is 13.5 Å². The summed E-state index contributed by atoms with van der Waals surface area (Å²) in [5, 5.41) is 10.3. The summed E-state index contributed by atoms with van der Waals surface area (Å²) in [5.41, 5.74) is 0.933. The van der Waals surface area contributed by atoms with Crippen LogP contribution in [0.15, 0.2) is 30.3 Å². The molecule has 1 aromatic carbocycles. The fourth-order valence-corrected chi connectivity index (χ4v) is 3.37. The Labute approximate surface area is 121 Å². The van der Waals surface area contributed by atoms with Gasteiger partial charge in [0.1, 0.15) is 9.84 Å². The van der Waals surface area contributed by atoms with Gasteiger partial charge in [-0.15, -0.1) is 0 Å². The Morgan fingerprint density at radius 2 is 2.05 bits per heavy atom. The van der Waals surface area contributed by atoms with Crippen molar-refractivity contribution in [3.05, 3.63) is 35.9 Å². The van der Waals surface area contributed by atoms with Gasteiger partial charge < -0.3 is 5.11 Å². The Morgan fingerprint density at radius 3 is 2.70 bits per heavy atom. The number of nitrogens with zero attached hydrogens (tertiary/aromatic N) is 1. The molecule has 0 amide bonds. The summed E-state index contributed by atoms with van der Waals surface area (Å²) in [4.78, 5) is 2.20. The van der Waals surface area contributed by atoms with Crippen LogP contribution in [0, 0.1) is 0 Å². The van der Waals surface area contributed by atoms with Crippen molar-refractivity contribution in [1.29, 1.82) is 0 Å². The highest BCUT2D eigenvalue weighted by atomic mass is 32.2. The minimum Gasteiger partial charge on any atom is -0.388 e. The SMILES string of the molecule is CS(=O)(=O)CCN1CCC[C@H]1C[C@@H](O)c1ccccc1. The van der Waals surface area contributed by atoms with E-state index >= 15 is 0 Å². The zero-order valence-electron chi connectivity index (χ0n) is 11.9. The van der Waals surface area contributed by atoms with E-state index in [1.165, 1.54) is 6.26 Å². The second-order valence-corrected chi connectivity index (χ2v) is 7.88. The van der Waals surface area contributed by atoms with E-state index in [0.717, 1.165) is 24.9 Å². The molecule has 0 unspecified atom stereocenters. The molecule has 0 bridgehead atoms. The van der Waals surface area contributed by atoms with Crippen LogP contribution in [0.2, 0.25) is 0 Å². The third kappa shape index (κ3) is 4.58. The van der Waals surface area contributed by atoms with Gasteiger partial charge in [0.05, 0.1) is 11.9 Å². The van der Waals surface area contributed by atoms with Crippen LogP contribution in [-0.2, 0) is 9.84 Å². The predicted molar refractivity (Wildman–Crippen MR) is 80.3 cm³/mol. The second-order valence-electron chi connectivity index (χ2n) is 5.62. The molecule has 1 aliphatic rings. The van der Waals surface area contributed by atoms with E-state index in [1.54, 1.807) is 0 Å². The number of sulfone groups is 1. The average molecular weight is 297 g/mol. The third-order valence-electron chi connectivity index (χ3n) is 3.93. The van der Waals surface area contributed by atoms with Gasteiger partial charge in [-0.25, -0.2) is 8.42 Å². The lowest BCUT2D eigenvalue weighted by Crippen LogP contribution is -2.34. The monoisotopic (exact) mass is 297 g/mol. The number of rotatable bonds is 6. The number of aliphatic hydroxyl groups is 1. The number of hydrogen-bond donors (Lipinski definition) is 1. The number of hydrogen-bond acceptors (Lipinski definition) is 4. The molecule has 1 N–H and O–H groups in total. The topological polar surface area (TPSA) is 57.6 Å². The van der Waals surface area contributed by atoms with Gasteiger partial charge in [0, 0.05) is 18.8 Å². The van der Waals surface area contributed by atoms with Gasteiger partial charge in [0.25, 0.3) is 0 Å². The molecule has 5 heteroatoms. The van der Waals surface area contributed by atoms with Crippen molar-refractivity contribution in [3.63, 3.8) is 0 Å². The first kappa shape index (κ1) is 15.5. The van der Waals surface area contributed by atoms with Crippen LogP contribution in [0.25, 0.3) is 0 Å². The maximum absolute atomic E-state index is 11.3. The van der Waals surface area contributed by atoms with Crippen molar-refractivity contribution in [2.45, 2.75) is 31.4 Å². The molecule has 20 heavy (non-hydrogen) atoms. The van der Waals surface area contributed by atoms with Gasteiger partial charge in [-0.05, 0) is 31.4 Å². The van der Waals surface area contributed by atoms with Crippen LogP contribution in [0.3, 0.4) is 0 Å². The summed E-state index contributed by atoms with van der Waals surface area (Å²) in [7, 11) is -2.92. The minimum atomic E-state index is -2.92. The van der Waals surface area contributed by atoms with E-state index in [4.69, 9.17) is 0 Å². The van der Waals surface area contributed by atoms with Gasteiger partial charge in [0.15, 0.2) is 0 Å². The van der Waals surface area contributed by atoms with E-state index in [-0.39, 0.29) is 11.8 Å². The zero-order chi connectivity index (χ0) is 14.6. The molecule has 112 valence electrons. The highest BCUT2D eigenvalue weighted by Gasteiger charge is 2.27. The van der Waals surface area contributed by atoms with E-state index in [2.05, 4.69) is 4.90 Å². The lowest BCUT2D eigenvalue weighted by molar-refractivity contribution is 0.123. The van der Waals surface area contributed by atoms with Crippen LogP contribution in [0.4, 0.5) is 0 Å². The van der Waals surface area contributed by atoms with Gasteiger partial charge in [-0.2, -0.15) is 0 Å². The van der Waals surface area contributed by atoms with Crippen molar-refractivity contribution in [2.24, 2.45) is 0 Å². The molecule has 2 rings (SSSR count). The minimum absolute atomic E-state index is 0.199. The fraction of sp³-hybridized carbons (Fsp3) is 0.600. The molecule has 1 aromatic rings. The van der Waals surface area contributed by atoms with Crippen LogP contribution in [-0.4, -0.2) is 49.6 Å². The Morgan fingerprint density at radius 1 is 1.35 bits per heavy atom. The molecule has 0 aromatic heterocycles. The highest BCUT2D eigenvalue weighted by molar-refractivity contribution is 7.90. The fourth-order valence-electron chi connectivity index (χ4n) is 2.81. The highest BCUT2D eigenvalue weighted by Crippen LogP contribution is 2.27. The molecule has 1 heterocycles. The Balaban J connectivity index is 1.91. The zero-order valence-corrected chi connectivity index (χ0v) is 12.7. The Hall–Kier alpha value is -0.910. The van der Waals surface area contributed by atoms with E-state index < -0.39 is 15.9 Å². The maximum Gasteiger partial charge on any atom is 0.148 e. The Kier molecular flexibility index (Phi) is 5.18. The largest absolute Gasteiger partial charge is 0.388 e. The van der Waals surface area contributed by atoms with E-state index in [0.29, 0.717) is 13.0 Å². The average Bonchev–Trinajstić information content (AvgIpc) is 2.84. The second kappa shape index (κ2) is 6.70. The van der Waals surface area contributed by atoms with Gasteiger partial charge in [-0.1, -0.05) is 30.3 Å².